The van der Waals surface area contributed by atoms with Crippen LogP contribution in [0.2, 0.25) is 0 Å². The lowest BCUT2D eigenvalue weighted by Crippen LogP contribution is -1.99. The molecule has 0 saturated heterocycles. The molecule has 6 nitrogen and oxygen atoms in total. The molecule has 2 N–H and O–H groups in total. The van der Waals surface area contributed by atoms with E-state index in [2.05, 4.69) is 10.2 Å². The van der Waals surface area contributed by atoms with E-state index in [-0.39, 0.29) is 11.4 Å². The molecule has 0 aromatic heterocycles. The van der Waals surface area contributed by atoms with Crippen LogP contribution in [0.25, 0.3) is 10.8 Å². The Balaban J connectivity index is 2.27. The van der Waals surface area contributed by atoms with Gasteiger partial charge in [-0.3, -0.25) is 4.55 Å². The average Bonchev–Trinajstić information content (AvgIpc) is 2.55. The summed E-state index contributed by atoms with van der Waals surface area (Å²) in [6, 6.07) is 12.1. The molecule has 0 unspecified atom stereocenters. The molecule has 0 aliphatic carbocycles. The predicted molar refractivity (Wildman–Crippen MR) is 100 cm³/mol. The van der Waals surface area contributed by atoms with Gasteiger partial charge in [-0.2, -0.15) is 13.5 Å². The Morgan fingerprint density at radius 3 is 2.23 bits per heavy atom. The highest BCUT2D eigenvalue weighted by atomic mass is 32.2. The highest BCUT2D eigenvalue weighted by Gasteiger charge is 2.22. The molecule has 0 fully saturated rings. The van der Waals surface area contributed by atoms with Crippen LogP contribution in [0.1, 0.15) is 16.7 Å². The van der Waals surface area contributed by atoms with Gasteiger partial charge in [-0.25, -0.2) is 0 Å². The first-order valence-electron chi connectivity index (χ1n) is 7.89. The second-order valence-electron chi connectivity index (χ2n) is 6.26. The Hall–Kier alpha value is -2.77. The van der Waals surface area contributed by atoms with Crippen molar-refractivity contribution in [2.24, 2.45) is 10.2 Å². The third kappa shape index (κ3) is 3.44. The minimum absolute atomic E-state index is 0.287. The third-order valence-corrected chi connectivity index (χ3v) is 4.97. The number of rotatable bonds is 3. The molecule has 3 aromatic carbocycles. The van der Waals surface area contributed by atoms with Crippen molar-refractivity contribution >= 4 is 32.3 Å². The second kappa shape index (κ2) is 6.51. The first-order valence-corrected chi connectivity index (χ1v) is 9.33. The Labute approximate surface area is 151 Å². The standard InChI is InChI=1S/C19H18N2O4S/c1-11-5-7-15-14(8-11)10-17(26(23,24)25)18(19(15)22)21-20-16-9-12(2)4-6-13(16)3/h4-10,22H,1-3H3,(H,23,24,25). The first-order chi connectivity index (χ1) is 12.2. The molecular formula is C19H18N2O4S. The maximum atomic E-state index is 11.8. The number of hydrogen-bond acceptors (Lipinski definition) is 5. The van der Waals surface area contributed by atoms with Crippen LogP contribution in [0.3, 0.4) is 0 Å². The van der Waals surface area contributed by atoms with Crippen molar-refractivity contribution in [1.82, 2.24) is 0 Å². The molecule has 0 saturated carbocycles. The number of fused-ring (bicyclic) bond motifs is 1. The minimum Gasteiger partial charge on any atom is -0.505 e. The lowest BCUT2D eigenvalue weighted by Gasteiger charge is -2.09. The van der Waals surface area contributed by atoms with Gasteiger partial charge >= 0.3 is 0 Å². The van der Waals surface area contributed by atoms with E-state index in [1.165, 1.54) is 6.07 Å². The van der Waals surface area contributed by atoms with Crippen LogP contribution in [0.5, 0.6) is 5.75 Å². The zero-order chi connectivity index (χ0) is 19.1. The molecule has 0 heterocycles. The van der Waals surface area contributed by atoms with Gasteiger partial charge in [-0.15, -0.1) is 5.11 Å². The van der Waals surface area contributed by atoms with Gasteiger partial charge < -0.3 is 5.11 Å². The summed E-state index contributed by atoms with van der Waals surface area (Å²) >= 11 is 0. The monoisotopic (exact) mass is 370 g/mol. The van der Waals surface area contributed by atoms with E-state index < -0.39 is 15.0 Å². The highest BCUT2D eigenvalue weighted by Crippen LogP contribution is 2.41. The van der Waals surface area contributed by atoms with Crippen molar-refractivity contribution in [1.29, 1.82) is 0 Å². The second-order valence-corrected chi connectivity index (χ2v) is 7.65. The topological polar surface area (TPSA) is 99.3 Å². The maximum absolute atomic E-state index is 11.8. The van der Waals surface area contributed by atoms with Crippen molar-refractivity contribution in [2.75, 3.05) is 0 Å². The molecule has 3 rings (SSSR count). The fourth-order valence-corrected chi connectivity index (χ4v) is 3.35. The van der Waals surface area contributed by atoms with Gasteiger partial charge in [0.25, 0.3) is 10.1 Å². The van der Waals surface area contributed by atoms with Gasteiger partial charge in [0.05, 0.1) is 5.69 Å². The summed E-state index contributed by atoms with van der Waals surface area (Å²) in [7, 11) is -4.60. The van der Waals surface area contributed by atoms with E-state index in [1.54, 1.807) is 24.3 Å². The third-order valence-electron chi connectivity index (χ3n) is 4.11. The van der Waals surface area contributed by atoms with E-state index in [0.717, 1.165) is 16.7 Å². The molecule has 26 heavy (non-hydrogen) atoms. The predicted octanol–water partition coefficient (Wildman–Crippen LogP) is 5.13. The molecule has 7 heteroatoms. The van der Waals surface area contributed by atoms with Crippen LogP contribution in [0.15, 0.2) is 57.6 Å². The van der Waals surface area contributed by atoms with Crippen LogP contribution in [-0.4, -0.2) is 18.1 Å². The molecule has 3 aromatic rings. The SMILES string of the molecule is Cc1ccc(C)c(N=Nc2c(S(=O)(=O)O)cc3cc(C)ccc3c2O)c1. The lowest BCUT2D eigenvalue weighted by atomic mass is 10.1. The fraction of sp³-hybridized carbons (Fsp3) is 0.158. The van der Waals surface area contributed by atoms with Crippen LogP contribution in [-0.2, 0) is 10.1 Å². The Kier molecular flexibility index (Phi) is 4.52. The highest BCUT2D eigenvalue weighted by molar-refractivity contribution is 7.86. The van der Waals surface area contributed by atoms with Gasteiger partial charge in [0.1, 0.15) is 10.6 Å². The smallest absolute Gasteiger partial charge is 0.296 e. The van der Waals surface area contributed by atoms with E-state index >= 15 is 0 Å². The van der Waals surface area contributed by atoms with Gasteiger partial charge in [0.15, 0.2) is 5.75 Å². The summed E-state index contributed by atoms with van der Waals surface area (Å²) in [5, 5.41) is 19.5. The molecule has 134 valence electrons. The quantitative estimate of drug-likeness (QED) is 0.493. The normalized spacial score (nSPS) is 12.2. The minimum atomic E-state index is -4.60. The number of azo groups is 1. The fourth-order valence-electron chi connectivity index (χ4n) is 2.70. The molecule has 0 aliphatic heterocycles. The number of aromatic hydroxyl groups is 1. The number of nitrogens with zero attached hydrogens (tertiary/aromatic N) is 2. The number of phenolic OH excluding ortho intramolecular Hbond substituents is 1. The van der Waals surface area contributed by atoms with Crippen molar-refractivity contribution in [3.8, 4) is 5.75 Å². The Morgan fingerprint density at radius 1 is 0.885 bits per heavy atom. The van der Waals surface area contributed by atoms with Crippen LogP contribution < -0.4 is 0 Å². The van der Waals surface area contributed by atoms with Gasteiger partial charge in [-0.1, -0.05) is 35.9 Å². The summed E-state index contributed by atoms with van der Waals surface area (Å²) in [4.78, 5) is -0.484. The van der Waals surface area contributed by atoms with E-state index in [1.807, 2.05) is 32.9 Å². The maximum Gasteiger partial charge on any atom is 0.296 e. The largest absolute Gasteiger partial charge is 0.505 e. The van der Waals surface area contributed by atoms with Crippen LogP contribution >= 0.6 is 0 Å². The molecule has 0 radical (unpaired) electrons. The summed E-state index contributed by atoms with van der Waals surface area (Å²) < 4.78 is 33.2. The van der Waals surface area contributed by atoms with E-state index in [0.29, 0.717) is 16.5 Å². The zero-order valence-electron chi connectivity index (χ0n) is 14.6. The van der Waals surface area contributed by atoms with Gasteiger partial charge in [-0.05, 0) is 49.4 Å². The van der Waals surface area contributed by atoms with Crippen molar-refractivity contribution in [3.63, 3.8) is 0 Å². The zero-order valence-corrected chi connectivity index (χ0v) is 15.4. The van der Waals surface area contributed by atoms with Crippen molar-refractivity contribution in [2.45, 2.75) is 25.7 Å². The molecule has 0 aliphatic rings. The summed E-state index contributed by atoms with van der Waals surface area (Å²) in [6.07, 6.45) is 0. The number of benzene rings is 3. The van der Waals surface area contributed by atoms with Crippen molar-refractivity contribution < 1.29 is 18.1 Å². The summed E-state index contributed by atoms with van der Waals surface area (Å²) in [6.45, 7) is 5.59. The Bertz CT molecular complexity index is 1150. The molecular weight excluding hydrogens is 352 g/mol. The first kappa shape index (κ1) is 18.0. The number of phenols is 1. The van der Waals surface area contributed by atoms with Crippen LogP contribution in [0.4, 0.5) is 11.4 Å². The van der Waals surface area contributed by atoms with Gasteiger partial charge in [0, 0.05) is 5.39 Å². The van der Waals surface area contributed by atoms with E-state index in [9.17, 15) is 18.1 Å². The molecule has 0 amide bonds. The molecule has 0 bridgehead atoms. The van der Waals surface area contributed by atoms with E-state index in [4.69, 9.17) is 0 Å². The molecule has 0 atom stereocenters. The van der Waals surface area contributed by atoms with Gasteiger partial charge in [0.2, 0.25) is 0 Å². The average molecular weight is 370 g/mol. The number of aryl methyl sites for hydroxylation is 3. The lowest BCUT2D eigenvalue weighted by molar-refractivity contribution is 0.472. The van der Waals surface area contributed by atoms with Crippen LogP contribution in [0, 0.1) is 20.8 Å². The summed E-state index contributed by atoms with van der Waals surface area (Å²) in [5.41, 5.74) is 2.98. The molecule has 0 spiro atoms. The number of hydrogen-bond donors (Lipinski definition) is 2. The summed E-state index contributed by atoms with van der Waals surface area (Å²) in [5.74, 6) is -0.343. The Morgan fingerprint density at radius 2 is 1.54 bits per heavy atom. The van der Waals surface area contributed by atoms with Crippen molar-refractivity contribution in [3.05, 3.63) is 59.2 Å².